The van der Waals surface area contributed by atoms with Crippen LogP contribution >= 0.6 is 0 Å². The zero-order valence-corrected chi connectivity index (χ0v) is 50.8. The van der Waals surface area contributed by atoms with Crippen molar-refractivity contribution in [3.8, 4) is 0 Å². The molecule has 86 heavy (non-hydrogen) atoms. The van der Waals surface area contributed by atoms with Crippen LogP contribution in [0.3, 0.4) is 0 Å². The van der Waals surface area contributed by atoms with Gasteiger partial charge in [-0.1, -0.05) is 50.6 Å². The number of nitrogens with zero attached hydrogens (tertiary/aromatic N) is 1. The number of aliphatic hydroxyl groups is 5. The molecule has 0 radical (unpaired) electrons. The number of amides is 1. The summed E-state index contributed by atoms with van der Waals surface area (Å²) in [7, 11) is 1.15. The highest BCUT2D eigenvalue weighted by atomic mass is 16.8. The van der Waals surface area contributed by atoms with Gasteiger partial charge in [0.25, 0.3) is 0 Å². The first-order valence-electron chi connectivity index (χ1n) is 30.0. The fraction of sp³-hybridized carbons (Fsp3) is 0.754. The molecule has 0 aromatic rings. The molecule has 6 fully saturated rings. The molecule has 1 saturated carbocycles. The number of allylic oxidation sites excluding steroid dienone is 3. The number of nitrogens with one attached hydrogen (secondary N) is 1. The second-order valence-corrected chi connectivity index (χ2v) is 25.7. The number of aldehydes is 1. The number of hydrogen-bond acceptors (Lipinski definition) is 24. The Kier molecular flexibility index (Phi) is 19.7. The number of ether oxygens (including phenoxy) is 11. The lowest BCUT2D eigenvalue weighted by Gasteiger charge is -2.58. The van der Waals surface area contributed by atoms with Crippen LogP contribution in [0.25, 0.3) is 0 Å². The fourth-order valence-electron chi connectivity index (χ4n) is 15.4. The summed E-state index contributed by atoms with van der Waals surface area (Å²) in [6, 6.07) is -1.08. The van der Waals surface area contributed by atoms with Crippen LogP contribution in [-0.4, -0.2) is 195 Å². The molecule has 1 spiro atoms. The Morgan fingerprint density at radius 2 is 1.45 bits per heavy atom. The third-order valence-electron chi connectivity index (χ3n) is 20.1. The average molecular weight is 1220 g/mol. The number of esters is 2. The van der Waals surface area contributed by atoms with Gasteiger partial charge < -0.3 is 93.4 Å². The first kappa shape index (κ1) is 65.9. The van der Waals surface area contributed by atoms with Gasteiger partial charge in [0, 0.05) is 62.2 Å². The van der Waals surface area contributed by atoms with E-state index in [0.717, 1.165) is 7.11 Å². The molecule has 480 valence electrons. The van der Waals surface area contributed by atoms with Crippen LogP contribution in [-0.2, 0) is 71.3 Å². The first-order chi connectivity index (χ1) is 40.5. The summed E-state index contributed by atoms with van der Waals surface area (Å²) in [6.45, 7) is 18.4. The van der Waals surface area contributed by atoms with Crippen LogP contribution in [0.15, 0.2) is 58.4 Å². The van der Waals surface area contributed by atoms with E-state index in [0.29, 0.717) is 30.3 Å². The number of aliphatic hydroxyl groups excluding tert-OH is 5. The number of alkyl carbamates (subject to hydrolysis) is 1. The topological polar surface area (TPSA) is 347 Å². The van der Waals surface area contributed by atoms with Gasteiger partial charge in [-0.25, -0.2) is 9.59 Å². The summed E-state index contributed by atoms with van der Waals surface area (Å²) in [5, 5.41) is 84.0. The Morgan fingerprint density at radius 3 is 2.10 bits per heavy atom. The van der Waals surface area contributed by atoms with Crippen molar-refractivity contribution in [2.24, 2.45) is 40.9 Å². The lowest BCUT2D eigenvalue weighted by Crippen LogP contribution is -2.67. The molecule has 9 rings (SSSR count). The summed E-state index contributed by atoms with van der Waals surface area (Å²) < 4.78 is 68.3. The van der Waals surface area contributed by atoms with Crippen molar-refractivity contribution in [1.29, 1.82) is 0 Å². The lowest BCUT2D eigenvalue weighted by atomic mass is 9.48. The van der Waals surface area contributed by atoms with Gasteiger partial charge in [0.1, 0.15) is 29.8 Å². The molecule has 25 nitrogen and oxygen atoms in total. The molecule has 2 bridgehead atoms. The second-order valence-electron chi connectivity index (χ2n) is 25.7. The van der Waals surface area contributed by atoms with E-state index in [1.54, 1.807) is 34.6 Å². The number of fused-ring (bicyclic) bond motifs is 4. The van der Waals surface area contributed by atoms with Crippen molar-refractivity contribution < 1.29 is 107 Å². The highest BCUT2D eigenvalue weighted by Crippen LogP contribution is 2.61. The quantitative estimate of drug-likeness (QED) is 0.0357. The first-order valence-corrected chi connectivity index (χ1v) is 30.0. The summed E-state index contributed by atoms with van der Waals surface area (Å²) in [6.07, 6.45) is -6.97. The fourth-order valence-corrected chi connectivity index (χ4v) is 15.4. The summed E-state index contributed by atoms with van der Waals surface area (Å²) >= 11 is 0. The Hall–Kier alpha value is -4.55. The van der Waals surface area contributed by atoms with E-state index >= 15 is 4.79 Å². The van der Waals surface area contributed by atoms with E-state index in [2.05, 4.69) is 5.32 Å². The third kappa shape index (κ3) is 12.3. The van der Waals surface area contributed by atoms with E-state index in [9.17, 15) is 55.1 Å². The maximum atomic E-state index is 15.5. The average Bonchev–Trinajstić information content (AvgIpc) is 1.28. The molecular weight excluding hydrogens is 1130 g/mol. The summed E-state index contributed by atoms with van der Waals surface area (Å²) in [4.78, 5) is 67.8. The van der Waals surface area contributed by atoms with Crippen LogP contribution in [0.5, 0.6) is 0 Å². The molecule has 9 aliphatic rings. The predicted molar refractivity (Wildman–Crippen MR) is 298 cm³/mol. The minimum atomic E-state index is -2.24. The number of hydrogen-bond donors (Lipinski definition) is 7. The van der Waals surface area contributed by atoms with Crippen molar-refractivity contribution in [2.45, 2.75) is 243 Å². The van der Waals surface area contributed by atoms with E-state index in [1.165, 1.54) is 26.0 Å². The van der Waals surface area contributed by atoms with Gasteiger partial charge in [0.15, 0.2) is 36.9 Å². The Labute approximate surface area is 500 Å². The van der Waals surface area contributed by atoms with E-state index in [1.807, 2.05) is 45.9 Å². The maximum Gasteiger partial charge on any atom is 0.407 e. The number of ketones is 1. The van der Waals surface area contributed by atoms with Gasteiger partial charge in [-0.3, -0.25) is 19.6 Å². The summed E-state index contributed by atoms with van der Waals surface area (Å²) in [5.74, 6) is -8.19. The van der Waals surface area contributed by atoms with Crippen LogP contribution in [0.1, 0.15) is 121 Å². The monoisotopic (exact) mass is 1220 g/mol. The zero-order chi connectivity index (χ0) is 62.8. The Balaban J connectivity index is 1.05. The molecule has 5 heterocycles. The molecule has 0 unspecified atom stereocenters. The van der Waals surface area contributed by atoms with Crippen molar-refractivity contribution in [1.82, 2.24) is 10.5 Å². The lowest BCUT2D eigenvalue weighted by molar-refractivity contribution is -0.325. The number of carbonyl (C=O) groups is 5. The minimum Gasteiger partial charge on any atom is -0.762 e. The Bertz CT molecular complexity index is 2700. The van der Waals surface area contributed by atoms with E-state index < -0.39 is 204 Å². The molecule has 5 saturated heterocycles. The van der Waals surface area contributed by atoms with Gasteiger partial charge in [0.05, 0.1) is 85.6 Å². The van der Waals surface area contributed by atoms with Crippen LogP contribution in [0, 0.1) is 46.1 Å². The predicted octanol–water partition coefficient (Wildman–Crippen LogP) is 4.33. The summed E-state index contributed by atoms with van der Waals surface area (Å²) in [5.41, 5.74) is -5.21. The highest BCUT2D eigenvalue weighted by molar-refractivity contribution is 6.26. The molecule has 5 aliphatic heterocycles. The zero-order valence-electron chi connectivity index (χ0n) is 50.8. The number of rotatable bonds is 12. The molecule has 1 amide bonds. The smallest absolute Gasteiger partial charge is 0.407 e. The normalized spacial score (nSPS) is 47.6. The van der Waals surface area contributed by atoms with Crippen LogP contribution < -0.4 is 5.32 Å². The van der Waals surface area contributed by atoms with Gasteiger partial charge in [-0.05, 0) is 90.4 Å². The third-order valence-corrected chi connectivity index (χ3v) is 20.1. The molecule has 25 heteroatoms. The van der Waals surface area contributed by atoms with E-state index in [-0.39, 0.29) is 36.5 Å². The Morgan fingerprint density at radius 1 is 0.791 bits per heavy atom. The molecule has 27 atom stereocenters. The van der Waals surface area contributed by atoms with Gasteiger partial charge >= 0.3 is 18.0 Å². The van der Waals surface area contributed by atoms with Gasteiger partial charge in [-0.2, -0.15) is 0 Å². The molecule has 0 aromatic heterocycles. The van der Waals surface area contributed by atoms with Crippen molar-refractivity contribution in [2.75, 3.05) is 7.11 Å². The van der Waals surface area contributed by atoms with Crippen molar-refractivity contribution in [3.63, 3.8) is 0 Å². The number of carbonyl (C=O) groups excluding carboxylic acids is 5. The largest absolute Gasteiger partial charge is 0.762 e. The van der Waals surface area contributed by atoms with E-state index in [4.69, 9.17) is 52.1 Å². The minimum absolute atomic E-state index is 0.0282. The second kappa shape index (κ2) is 25.7. The van der Waals surface area contributed by atoms with Gasteiger partial charge in [0.2, 0.25) is 5.78 Å². The molecule has 0 aromatic carbocycles. The maximum absolute atomic E-state index is 15.5. The number of Topliss-reactive ketones (excluding diaryl/α,β-unsaturated/α-hetero) is 1. The molecule has 7 N–H and O–H groups in total. The van der Waals surface area contributed by atoms with Crippen molar-refractivity contribution >= 4 is 30.1 Å². The SMILES string of the molecule is COC(=O)N[C@@H]1[C@H](C)O[C@@H](O[C@@H]2C/C=C(\C)[C@@H]3C=C[C@@H]4[C@H](O[C@@H]5C[C@@H](O[C@H]6CC[C@H](O[C@@H]7C[C@@H](O)[C@H](O)[C@@H](C)O7)[C@@H](C)O6)[C@H](OC(C)=O)[C@@H](C)O5)[C@@H](C)[C@@H](O)[C@H](C)[C@@H]4[C@@]3(C)C(O)=C3C(=O)O[C@@]4(CC(C=O)=C[C@@H](O)[C@@H]4/C=C/2C)C3=O)C[C@@]1(C)N([O-])O. The standard InChI is InChI=1S/C61H87N2O23/c1-26-13-16-41(82-47-24-59(10,63(74)75)54(33(8)80-47)62-58(73)76-12)27(2)19-38-39(66)20-35(25-64)23-61(38)56(71)48(57(72)86-61)55(70)60(11)37(26)15-14-36-49(60)28(3)50(68)29(4)52(36)85-46-22-43(53(32(7)79-46)81-34(9)65)84-44-18-17-42(30(5)77-44)83-45-21-40(67)51(69)31(6)78-45/h13-15,19-20,25,28-33,36-47,49-54,66-70,74H,16-18,21-24H2,1-12H3,(H,62,73)/q-1/b26-13+,27-19+,55-48?/t28-,29+,30-,31-,32-,33+,36+,37+,38+,39-,40-,41-,42+,43-,44+,45-,46-,47+,49+,50+,51-,52-,53-,54-,59-,60+,61-/m1/s1. The molecule has 4 aliphatic carbocycles. The highest BCUT2D eigenvalue weighted by Gasteiger charge is 2.65. The van der Waals surface area contributed by atoms with Gasteiger partial charge in [-0.15, -0.1) is 0 Å². The van der Waals surface area contributed by atoms with Crippen LogP contribution in [0.2, 0.25) is 0 Å². The number of methoxy groups -OCH3 is 1. The van der Waals surface area contributed by atoms with Crippen LogP contribution in [0.4, 0.5) is 4.79 Å². The van der Waals surface area contributed by atoms with Crippen molar-refractivity contribution in [3.05, 3.63) is 63.6 Å². The molecular formula is C61H87N2O23-. The number of hydroxylamine groups is 2.